The molecule has 2 heterocycles. The SMILES string of the molecule is CCN(CC)C(=O)n1cnc(S(=O)(=O)c2snnc2C(C)(C)C)n1. The molecule has 9 nitrogen and oxygen atoms in total. The zero-order valence-corrected chi connectivity index (χ0v) is 15.8. The van der Waals surface area contributed by atoms with E-state index in [1.807, 2.05) is 34.6 Å². The minimum Gasteiger partial charge on any atom is -0.323 e. The Labute approximate surface area is 144 Å². The van der Waals surface area contributed by atoms with Crippen LogP contribution in [0.1, 0.15) is 40.3 Å². The van der Waals surface area contributed by atoms with Crippen molar-refractivity contribution in [1.82, 2.24) is 29.3 Å². The Bertz CT molecular complexity index is 830. The molecule has 2 rings (SSSR count). The fourth-order valence-electron chi connectivity index (χ4n) is 2.00. The summed E-state index contributed by atoms with van der Waals surface area (Å²) in [6.45, 7) is 10.2. The number of rotatable bonds is 4. The van der Waals surface area contributed by atoms with Crippen molar-refractivity contribution in [3.8, 4) is 0 Å². The normalized spacial score (nSPS) is 12.4. The van der Waals surface area contributed by atoms with Crippen molar-refractivity contribution in [1.29, 1.82) is 0 Å². The first-order valence-electron chi connectivity index (χ1n) is 7.41. The van der Waals surface area contributed by atoms with E-state index in [2.05, 4.69) is 19.7 Å². The summed E-state index contributed by atoms with van der Waals surface area (Å²) in [5.41, 5.74) is -0.131. The molecular weight excluding hydrogens is 352 g/mol. The highest BCUT2D eigenvalue weighted by Gasteiger charge is 2.34. The molecule has 0 bridgehead atoms. The third-order valence-corrected chi connectivity index (χ3v) is 6.11. The highest BCUT2D eigenvalue weighted by atomic mass is 32.2. The van der Waals surface area contributed by atoms with Gasteiger partial charge in [-0.15, -0.1) is 10.2 Å². The molecule has 1 amide bonds. The number of carbonyl (C=O) groups excluding carboxylic acids is 1. The standard InChI is InChI=1S/C13H20N6O3S2/c1-6-18(7-2)12(20)19-8-14-11(16-19)24(21,22)10-9(13(3,4)5)15-17-23-10/h8H,6-7H2,1-5H3. The van der Waals surface area contributed by atoms with E-state index in [-0.39, 0.29) is 4.21 Å². The quantitative estimate of drug-likeness (QED) is 0.801. The predicted octanol–water partition coefficient (Wildman–Crippen LogP) is 1.57. The summed E-state index contributed by atoms with van der Waals surface area (Å²) in [5, 5.41) is 7.35. The van der Waals surface area contributed by atoms with Gasteiger partial charge in [-0.2, -0.15) is 4.68 Å². The fraction of sp³-hybridized carbons (Fsp3) is 0.615. The lowest BCUT2D eigenvalue weighted by Gasteiger charge is -2.17. The van der Waals surface area contributed by atoms with Crippen molar-refractivity contribution in [2.24, 2.45) is 0 Å². The number of aromatic nitrogens is 5. The summed E-state index contributed by atoms with van der Waals surface area (Å²) in [4.78, 5) is 17.5. The van der Waals surface area contributed by atoms with Gasteiger partial charge >= 0.3 is 6.03 Å². The van der Waals surface area contributed by atoms with Crippen LogP contribution in [0.4, 0.5) is 4.79 Å². The van der Waals surface area contributed by atoms with Crippen LogP contribution in [0, 0.1) is 0 Å². The summed E-state index contributed by atoms with van der Waals surface area (Å²) < 4.78 is 30.2. The van der Waals surface area contributed by atoms with Crippen LogP contribution in [-0.2, 0) is 15.3 Å². The molecule has 0 atom stereocenters. The maximum atomic E-state index is 12.8. The van der Waals surface area contributed by atoms with Gasteiger partial charge in [0.1, 0.15) is 12.0 Å². The highest BCUT2D eigenvalue weighted by molar-refractivity contribution is 7.93. The van der Waals surface area contributed by atoms with Gasteiger partial charge in [0.05, 0.1) is 0 Å². The molecule has 11 heteroatoms. The van der Waals surface area contributed by atoms with E-state index in [4.69, 9.17) is 0 Å². The molecule has 0 radical (unpaired) electrons. The molecule has 132 valence electrons. The largest absolute Gasteiger partial charge is 0.346 e. The second kappa shape index (κ2) is 6.55. The maximum Gasteiger partial charge on any atom is 0.346 e. The zero-order valence-electron chi connectivity index (χ0n) is 14.2. The van der Waals surface area contributed by atoms with Gasteiger partial charge in [-0.05, 0) is 13.8 Å². The number of sulfone groups is 1. The van der Waals surface area contributed by atoms with Gasteiger partial charge in [0.15, 0.2) is 4.21 Å². The summed E-state index contributed by atoms with van der Waals surface area (Å²) in [6.07, 6.45) is 1.11. The molecule has 0 aliphatic carbocycles. The Morgan fingerprint density at radius 1 is 1.29 bits per heavy atom. The van der Waals surface area contributed by atoms with Crippen LogP contribution in [0.25, 0.3) is 0 Å². The van der Waals surface area contributed by atoms with Gasteiger partial charge in [0.2, 0.25) is 0 Å². The molecule has 2 aromatic heterocycles. The van der Waals surface area contributed by atoms with Crippen LogP contribution in [0.3, 0.4) is 0 Å². The third-order valence-electron chi connectivity index (χ3n) is 3.35. The van der Waals surface area contributed by atoms with Crippen molar-refractivity contribution >= 4 is 27.4 Å². The number of carbonyl (C=O) groups is 1. The van der Waals surface area contributed by atoms with Crippen molar-refractivity contribution in [2.75, 3.05) is 13.1 Å². The number of amides is 1. The second-order valence-electron chi connectivity index (χ2n) is 6.09. The lowest BCUT2D eigenvalue weighted by Crippen LogP contribution is -2.34. The molecule has 0 saturated heterocycles. The van der Waals surface area contributed by atoms with Crippen LogP contribution >= 0.6 is 11.5 Å². The summed E-state index contributed by atoms with van der Waals surface area (Å²) >= 11 is 0.777. The molecule has 0 saturated carbocycles. The molecule has 0 aliphatic heterocycles. The molecule has 0 unspecified atom stereocenters. The van der Waals surface area contributed by atoms with E-state index in [1.165, 1.54) is 4.90 Å². The molecular formula is C13H20N6O3S2. The Morgan fingerprint density at radius 3 is 2.46 bits per heavy atom. The van der Waals surface area contributed by atoms with Gasteiger partial charge in [0.25, 0.3) is 15.0 Å². The molecule has 24 heavy (non-hydrogen) atoms. The summed E-state index contributed by atoms with van der Waals surface area (Å²) in [5.74, 6) is 0. The summed E-state index contributed by atoms with van der Waals surface area (Å²) in [7, 11) is -3.98. The van der Waals surface area contributed by atoms with Gasteiger partial charge < -0.3 is 4.90 Å². The molecule has 2 aromatic rings. The van der Waals surface area contributed by atoms with E-state index in [1.54, 1.807) is 0 Å². The van der Waals surface area contributed by atoms with Gasteiger partial charge in [-0.25, -0.2) is 18.2 Å². The predicted molar refractivity (Wildman–Crippen MR) is 87.8 cm³/mol. The van der Waals surface area contributed by atoms with Crippen LogP contribution in [0.5, 0.6) is 0 Å². The van der Waals surface area contributed by atoms with Crippen LogP contribution in [0.15, 0.2) is 15.7 Å². The third kappa shape index (κ3) is 3.31. The lowest BCUT2D eigenvalue weighted by molar-refractivity contribution is 0.201. The first kappa shape index (κ1) is 18.5. The lowest BCUT2D eigenvalue weighted by atomic mass is 9.93. The summed E-state index contributed by atoms with van der Waals surface area (Å²) in [6, 6.07) is -0.424. The number of hydrogen-bond donors (Lipinski definition) is 0. The Morgan fingerprint density at radius 2 is 1.92 bits per heavy atom. The van der Waals surface area contributed by atoms with Crippen LogP contribution in [-0.4, -0.2) is 56.8 Å². The first-order chi connectivity index (χ1) is 11.1. The van der Waals surface area contributed by atoms with Crippen LogP contribution in [0.2, 0.25) is 0 Å². The smallest absolute Gasteiger partial charge is 0.323 e. The first-order valence-corrected chi connectivity index (χ1v) is 9.67. The second-order valence-corrected chi connectivity index (χ2v) is 8.88. The fourth-order valence-corrected chi connectivity index (χ4v) is 4.49. The molecule has 0 fully saturated rings. The van der Waals surface area contributed by atoms with E-state index >= 15 is 0 Å². The Balaban J connectivity index is 2.43. The van der Waals surface area contributed by atoms with E-state index in [0.29, 0.717) is 18.8 Å². The van der Waals surface area contributed by atoms with E-state index in [9.17, 15) is 13.2 Å². The Hall–Kier alpha value is -1.88. The van der Waals surface area contributed by atoms with Gasteiger partial charge in [0, 0.05) is 30.0 Å². The molecule has 0 N–H and O–H groups in total. The van der Waals surface area contributed by atoms with Crippen LogP contribution < -0.4 is 0 Å². The van der Waals surface area contributed by atoms with Crippen molar-refractivity contribution in [3.05, 3.63) is 12.0 Å². The monoisotopic (exact) mass is 372 g/mol. The zero-order chi connectivity index (χ0) is 18.1. The molecule has 0 aliphatic rings. The average molecular weight is 372 g/mol. The topological polar surface area (TPSA) is 111 Å². The number of hydrogen-bond acceptors (Lipinski definition) is 8. The van der Waals surface area contributed by atoms with Crippen molar-refractivity contribution in [2.45, 2.75) is 49.4 Å². The molecule has 0 aromatic carbocycles. The van der Waals surface area contributed by atoms with E-state index in [0.717, 1.165) is 22.5 Å². The number of nitrogens with zero attached hydrogens (tertiary/aromatic N) is 6. The molecule has 0 spiro atoms. The van der Waals surface area contributed by atoms with Gasteiger partial charge in [-0.3, -0.25) is 0 Å². The van der Waals surface area contributed by atoms with Crippen molar-refractivity contribution in [3.63, 3.8) is 0 Å². The Kier molecular flexibility index (Phi) is 5.04. The van der Waals surface area contributed by atoms with E-state index < -0.39 is 26.4 Å². The highest BCUT2D eigenvalue weighted by Crippen LogP contribution is 2.31. The average Bonchev–Trinajstić information content (AvgIpc) is 3.17. The van der Waals surface area contributed by atoms with Gasteiger partial charge in [-0.1, -0.05) is 25.3 Å². The van der Waals surface area contributed by atoms with Crippen molar-refractivity contribution < 1.29 is 13.2 Å². The minimum atomic E-state index is -3.98. The minimum absolute atomic E-state index is 0.00281. The maximum absolute atomic E-state index is 12.8.